The van der Waals surface area contributed by atoms with Crippen molar-refractivity contribution in [2.24, 2.45) is 0 Å². The van der Waals surface area contributed by atoms with Crippen LogP contribution in [-0.4, -0.2) is 35.6 Å². The molecule has 0 aliphatic heterocycles. The summed E-state index contributed by atoms with van der Waals surface area (Å²) in [5, 5.41) is -1.29. The topological polar surface area (TPSA) is 102 Å². The molecule has 0 spiro atoms. The van der Waals surface area contributed by atoms with E-state index < -0.39 is 23.9 Å². The zero-order valence-corrected chi connectivity index (χ0v) is 11.2. The van der Waals surface area contributed by atoms with Crippen molar-refractivity contribution in [2.45, 2.75) is 0 Å². The summed E-state index contributed by atoms with van der Waals surface area (Å²) in [5.41, 5.74) is 0. The Hall–Kier alpha value is -2.58. The first-order valence-corrected chi connectivity index (χ1v) is 5.72. The van der Waals surface area contributed by atoms with Crippen LogP contribution in [0, 0.1) is 0 Å². The molecule has 20 heavy (non-hydrogen) atoms. The molecule has 0 radical (unpaired) electrons. The van der Waals surface area contributed by atoms with Crippen molar-refractivity contribution >= 4 is 56.0 Å². The molecule has 100 valence electrons. The van der Waals surface area contributed by atoms with Gasteiger partial charge in [-0.15, -0.1) is 12.4 Å². The van der Waals surface area contributed by atoms with Gasteiger partial charge in [-0.1, -0.05) is 0 Å². The van der Waals surface area contributed by atoms with Crippen LogP contribution in [0.5, 0.6) is 0 Å². The highest BCUT2D eigenvalue weighted by molar-refractivity contribution is 7.72. The highest BCUT2D eigenvalue weighted by atomic mass is 35.5. The standard InChI is InChI=1S/C12H3O6P.ClH/c13-4-1-10(7-16)19(11(8-17)2-5-14)12(9-18)3-6-15;/h1-3H;1H. The maximum atomic E-state index is 10.7. The van der Waals surface area contributed by atoms with E-state index in [1.54, 1.807) is 0 Å². The summed E-state index contributed by atoms with van der Waals surface area (Å²) < 4.78 is 0. The third kappa shape index (κ3) is 5.38. The second-order valence-electron chi connectivity index (χ2n) is 2.58. The Labute approximate surface area is 119 Å². The van der Waals surface area contributed by atoms with Gasteiger partial charge in [0.15, 0.2) is 0 Å². The minimum Gasteiger partial charge on any atom is -0.233 e. The third-order valence-corrected chi connectivity index (χ3v) is 3.73. The van der Waals surface area contributed by atoms with E-state index in [9.17, 15) is 28.8 Å². The van der Waals surface area contributed by atoms with Gasteiger partial charge in [0.25, 0.3) is 0 Å². The fraction of sp³-hybridized carbons (Fsp3) is 0. The monoisotopic (exact) mass is 310 g/mol. The third-order valence-electron chi connectivity index (χ3n) is 1.62. The van der Waals surface area contributed by atoms with E-state index in [4.69, 9.17) is 0 Å². The first kappa shape index (κ1) is 19.8. The lowest BCUT2D eigenvalue weighted by Crippen LogP contribution is -1.90. The normalized spacial score (nSPS) is 8.40. The number of halogens is 1. The summed E-state index contributed by atoms with van der Waals surface area (Å²) in [6.07, 6.45) is 1.89. The molecule has 0 heterocycles. The summed E-state index contributed by atoms with van der Waals surface area (Å²) in [6.45, 7) is 0. The van der Waals surface area contributed by atoms with Crippen molar-refractivity contribution in [3.8, 4) is 0 Å². The summed E-state index contributed by atoms with van der Waals surface area (Å²) in [7, 11) is -2.24. The molecule has 0 N–H and O–H groups in total. The molecule has 0 saturated heterocycles. The molecule has 0 aliphatic rings. The van der Waals surface area contributed by atoms with Crippen LogP contribution in [-0.2, 0) is 28.8 Å². The van der Waals surface area contributed by atoms with Crippen LogP contribution in [0.4, 0.5) is 0 Å². The largest absolute Gasteiger partial charge is 0.233 e. The van der Waals surface area contributed by atoms with E-state index in [2.05, 4.69) is 0 Å². The number of hydrogen-bond donors (Lipinski definition) is 0. The summed E-state index contributed by atoms with van der Waals surface area (Å²) in [6, 6.07) is 0. The van der Waals surface area contributed by atoms with Gasteiger partial charge in [-0.3, -0.25) is 0 Å². The van der Waals surface area contributed by atoms with Crippen LogP contribution in [0.3, 0.4) is 0 Å². The maximum absolute atomic E-state index is 10.7. The lowest BCUT2D eigenvalue weighted by atomic mass is 10.6. The lowest BCUT2D eigenvalue weighted by Gasteiger charge is -2.11. The molecule has 0 fully saturated rings. The highest BCUT2D eigenvalue weighted by Gasteiger charge is 2.23. The van der Waals surface area contributed by atoms with Crippen molar-refractivity contribution in [3.63, 3.8) is 0 Å². The molecule has 0 aromatic rings. The van der Waals surface area contributed by atoms with Gasteiger partial charge in [0.05, 0.1) is 15.9 Å². The van der Waals surface area contributed by atoms with Crippen LogP contribution >= 0.6 is 20.3 Å². The van der Waals surface area contributed by atoms with Gasteiger partial charge in [0.1, 0.15) is 35.6 Å². The van der Waals surface area contributed by atoms with Gasteiger partial charge in [-0.2, -0.15) is 0 Å². The van der Waals surface area contributed by atoms with Crippen LogP contribution in [0.2, 0.25) is 0 Å². The molecule has 8 heteroatoms. The predicted octanol–water partition coefficient (Wildman–Crippen LogP) is 0.200. The average molecular weight is 311 g/mol. The number of rotatable bonds is 6. The number of allylic oxidation sites excluding steroid dienone is 6. The van der Waals surface area contributed by atoms with Gasteiger partial charge >= 0.3 is 0 Å². The Morgan fingerprint density at radius 1 is 0.600 bits per heavy atom. The molecule has 6 nitrogen and oxygen atoms in total. The average Bonchev–Trinajstić information content (AvgIpc) is 2.43. The van der Waals surface area contributed by atoms with Crippen molar-refractivity contribution in [1.29, 1.82) is 0 Å². The first-order valence-electron chi connectivity index (χ1n) is 4.38. The van der Waals surface area contributed by atoms with Gasteiger partial charge in [0.2, 0.25) is 0 Å². The van der Waals surface area contributed by atoms with Crippen LogP contribution in [0.25, 0.3) is 0 Å². The number of hydrogen-bond acceptors (Lipinski definition) is 6. The lowest BCUT2D eigenvalue weighted by molar-refractivity contribution is 0.565. The molecule has 0 atom stereocenters. The Balaban J connectivity index is 0. The highest BCUT2D eigenvalue weighted by Crippen LogP contribution is 2.57. The van der Waals surface area contributed by atoms with Crippen molar-refractivity contribution in [2.75, 3.05) is 0 Å². The molecule has 0 aromatic carbocycles. The van der Waals surface area contributed by atoms with E-state index in [0.717, 1.165) is 0 Å². The summed E-state index contributed by atoms with van der Waals surface area (Å²) in [5.74, 6) is 7.80. The molecule has 0 amide bonds. The van der Waals surface area contributed by atoms with Crippen molar-refractivity contribution in [3.05, 3.63) is 34.2 Å². The van der Waals surface area contributed by atoms with E-state index in [1.165, 1.54) is 35.6 Å². The smallest absolute Gasteiger partial charge is 0.134 e. The van der Waals surface area contributed by atoms with Gasteiger partial charge in [-0.25, -0.2) is 28.8 Å². The Bertz CT molecular complexity index is 576. The zero-order chi connectivity index (χ0) is 14.7. The fourth-order valence-corrected chi connectivity index (χ4v) is 2.57. The molecule has 0 bridgehead atoms. The Morgan fingerprint density at radius 2 is 0.850 bits per heavy atom. The maximum Gasteiger partial charge on any atom is 0.134 e. The quantitative estimate of drug-likeness (QED) is 0.394. The van der Waals surface area contributed by atoms with E-state index in [0.29, 0.717) is 18.2 Å². The minimum absolute atomic E-state index is 0. The van der Waals surface area contributed by atoms with Crippen LogP contribution in [0.1, 0.15) is 0 Å². The van der Waals surface area contributed by atoms with E-state index >= 15 is 0 Å². The summed E-state index contributed by atoms with van der Waals surface area (Å²) >= 11 is 0. The predicted molar refractivity (Wildman–Crippen MR) is 72.6 cm³/mol. The van der Waals surface area contributed by atoms with Gasteiger partial charge in [0, 0.05) is 26.1 Å². The minimum atomic E-state index is -2.24. The molecule has 0 aromatic heterocycles. The van der Waals surface area contributed by atoms with Crippen molar-refractivity contribution < 1.29 is 28.8 Å². The molecule has 0 saturated carbocycles. The second kappa shape index (κ2) is 11.5. The Kier molecular flexibility index (Phi) is 11.4. The molecular formula is C12H4ClO6P. The number of carbonyl (C=O) groups excluding carboxylic acids is 6. The molecule has 0 rings (SSSR count). The molecule has 0 unspecified atom stereocenters. The van der Waals surface area contributed by atoms with Gasteiger partial charge in [-0.05, 0) is 0 Å². The van der Waals surface area contributed by atoms with Crippen molar-refractivity contribution in [1.82, 2.24) is 0 Å². The SMILES string of the molecule is Cl.O=C=CC(=C=O)P(C(=C=O)C=C=O)C(=C=O)C=C=O. The zero-order valence-electron chi connectivity index (χ0n) is 9.54. The fourth-order valence-electron chi connectivity index (χ4n) is 0.976. The second-order valence-corrected chi connectivity index (χ2v) is 4.70. The molecule has 0 aliphatic carbocycles. The first-order chi connectivity index (χ1) is 9.19. The Morgan fingerprint density at radius 3 is 1.00 bits per heavy atom. The van der Waals surface area contributed by atoms with Crippen LogP contribution in [0.15, 0.2) is 34.2 Å². The van der Waals surface area contributed by atoms with E-state index in [-0.39, 0.29) is 12.4 Å². The van der Waals surface area contributed by atoms with E-state index in [1.807, 2.05) is 0 Å². The molecular weight excluding hydrogens is 307 g/mol. The van der Waals surface area contributed by atoms with Crippen LogP contribution < -0.4 is 0 Å². The van der Waals surface area contributed by atoms with Gasteiger partial charge < -0.3 is 0 Å². The summed E-state index contributed by atoms with van der Waals surface area (Å²) in [4.78, 5) is 62.9.